The molecule has 0 saturated carbocycles. The van der Waals surface area contributed by atoms with Crippen molar-refractivity contribution < 1.29 is 4.79 Å². The molecule has 0 spiro atoms. The van der Waals surface area contributed by atoms with Crippen LogP contribution in [0.5, 0.6) is 0 Å². The van der Waals surface area contributed by atoms with Crippen LogP contribution in [0.1, 0.15) is 37.0 Å². The van der Waals surface area contributed by atoms with Crippen LogP contribution in [0.2, 0.25) is 0 Å². The Morgan fingerprint density at radius 3 is 2.50 bits per heavy atom. The average Bonchev–Trinajstić information content (AvgIpc) is 2.49. The lowest BCUT2D eigenvalue weighted by Gasteiger charge is -2.09. The molecule has 1 aromatic heterocycles. The maximum absolute atomic E-state index is 11.9. The van der Waals surface area contributed by atoms with E-state index in [-0.39, 0.29) is 11.7 Å². The molecular weight excluding hydrogens is 178 g/mol. The summed E-state index contributed by atoms with van der Waals surface area (Å²) in [5.41, 5.74) is 6.29. The van der Waals surface area contributed by atoms with Crippen molar-refractivity contribution in [1.29, 1.82) is 0 Å². The van der Waals surface area contributed by atoms with Crippen LogP contribution in [0.4, 0.5) is 5.82 Å². The van der Waals surface area contributed by atoms with Gasteiger partial charge in [-0.1, -0.05) is 13.8 Å². The number of anilines is 1. The smallest absolute Gasteiger partial charge is 0.171 e. The van der Waals surface area contributed by atoms with Crippen molar-refractivity contribution >= 4 is 11.6 Å². The molecule has 4 nitrogen and oxygen atoms in total. The van der Waals surface area contributed by atoms with E-state index in [4.69, 9.17) is 5.73 Å². The quantitative estimate of drug-likeness (QED) is 0.743. The van der Waals surface area contributed by atoms with E-state index in [0.717, 1.165) is 12.8 Å². The molecule has 78 valence electrons. The first kappa shape index (κ1) is 10.8. The van der Waals surface area contributed by atoms with Gasteiger partial charge >= 0.3 is 0 Å². The molecule has 0 aliphatic heterocycles. The van der Waals surface area contributed by atoms with Crippen molar-refractivity contribution in [2.24, 2.45) is 13.0 Å². The van der Waals surface area contributed by atoms with Crippen LogP contribution in [0.3, 0.4) is 0 Å². The number of Topliss-reactive ketones (excluding diaryl/α,β-unsaturated/α-hetero) is 1. The summed E-state index contributed by atoms with van der Waals surface area (Å²) in [6.45, 7) is 4.03. The summed E-state index contributed by atoms with van der Waals surface area (Å²) >= 11 is 0. The molecule has 0 fully saturated rings. The van der Waals surface area contributed by atoms with E-state index in [9.17, 15) is 4.79 Å². The summed E-state index contributed by atoms with van der Waals surface area (Å²) < 4.78 is 1.52. The van der Waals surface area contributed by atoms with Crippen molar-refractivity contribution in [2.45, 2.75) is 26.7 Å². The zero-order valence-electron chi connectivity index (χ0n) is 8.95. The van der Waals surface area contributed by atoms with Gasteiger partial charge in [-0.3, -0.25) is 9.48 Å². The van der Waals surface area contributed by atoms with Gasteiger partial charge in [-0.25, -0.2) is 0 Å². The summed E-state index contributed by atoms with van der Waals surface area (Å²) in [5, 5.41) is 3.96. The maximum atomic E-state index is 11.9. The minimum Gasteiger partial charge on any atom is -0.383 e. The van der Waals surface area contributed by atoms with Gasteiger partial charge in [0.2, 0.25) is 0 Å². The molecule has 14 heavy (non-hydrogen) atoms. The second-order valence-electron chi connectivity index (χ2n) is 3.44. The Morgan fingerprint density at radius 1 is 1.57 bits per heavy atom. The van der Waals surface area contributed by atoms with E-state index in [0.29, 0.717) is 11.4 Å². The third kappa shape index (κ3) is 1.78. The molecule has 0 unspecified atom stereocenters. The molecule has 0 atom stereocenters. The van der Waals surface area contributed by atoms with Crippen LogP contribution >= 0.6 is 0 Å². The number of hydrogen-bond donors (Lipinski definition) is 1. The number of carbonyl (C=O) groups is 1. The largest absolute Gasteiger partial charge is 0.383 e. The highest BCUT2D eigenvalue weighted by Crippen LogP contribution is 2.19. The van der Waals surface area contributed by atoms with Gasteiger partial charge in [-0.05, 0) is 12.8 Å². The number of aryl methyl sites for hydroxylation is 1. The fourth-order valence-corrected chi connectivity index (χ4v) is 1.52. The first-order chi connectivity index (χ1) is 6.61. The summed E-state index contributed by atoms with van der Waals surface area (Å²) in [7, 11) is 1.74. The van der Waals surface area contributed by atoms with E-state index >= 15 is 0 Å². The van der Waals surface area contributed by atoms with Crippen LogP contribution in [0, 0.1) is 5.92 Å². The van der Waals surface area contributed by atoms with Gasteiger partial charge in [0.1, 0.15) is 5.82 Å². The van der Waals surface area contributed by atoms with Gasteiger partial charge in [0, 0.05) is 13.0 Å². The Kier molecular flexibility index (Phi) is 3.28. The minimum absolute atomic E-state index is 0.0708. The fourth-order valence-electron chi connectivity index (χ4n) is 1.52. The lowest BCUT2D eigenvalue weighted by molar-refractivity contribution is 0.0914. The monoisotopic (exact) mass is 195 g/mol. The van der Waals surface area contributed by atoms with Crippen LogP contribution in [-0.4, -0.2) is 15.6 Å². The predicted molar refractivity (Wildman–Crippen MR) is 56.0 cm³/mol. The number of carbonyl (C=O) groups excluding carboxylic acids is 1. The molecule has 0 aliphatic rings. The van der Waals surface area contributed by atoms with Crippen molar-refractivity contribution in [1.82, 2.24) is 9.78 Å². The molecule has 4 heteroatoms. The van der Waals surface area contributed by atoms with Crippen LogP contribution in [-0.2, 0) is 7.05 Å². The highest BCUT2D eigenvalue weighted by molar-refractivity contribution is 6.01. The second kappa shape index (κ2) is 4.26. The minimum atomic E-state index is 0.0708. The van der Waals surface area contributed by atoms with Crippen molar-refractivity contribution in [3.05, 3.63) is 11.8 Å². The van der Waals surface area contributed by atoms with E-state index < -0.39 is 0 Å². The Morgan fingerprint density at radius 2 is 2.14 bits per heavy atom. The second-order valence-corrected chi connectivity index (χ2v) is 3.44. The summed E-state index contributed by atoms with van der Waals surface area (Å²) in [6, 6.07) is 0. The number of nitrogens with two attached hydrogens (primary N) is 1. The van der Waals surface area contributed by atoms with Gasteiger partial charge in [-0.2, -0.15) is 5.10 Å². The van der Waals surface area contributed by atoms with Crippen molar-refractivity contribution in [3.8, 4) is 0 Å². The number of nitrogen functional groups attached to an aromatic ring is 1. The van der Waals surface area contributed by atoms with E-state index in [2.05, 4.69) is 5.10 Å². The summed E-state index contributed by atoms with van der Waals surface area (Å²) in [5.74, 6) is 0.643. The first-order valence-electron chi connectivity index (χ1n) is 4.93. The standard InChI is InChI=1S/C10H17N3O/c1-4-7(5-2)9(14)8-6-12-13(3)10(8)11/h6-7H,4-5,11H2,1-3H3. The Balaban J connectivity index is 2.94. The van der Waals surface area contributed by atoms with Gasteiger partial charge in [0.25, 0.3) is 0 Å². The van der Waals surface area contributed by atoms with Crippen LogP contribution < -0.4 is 5.73 Å². The summed E-state index contributed by atoms with van der Waals surface area (Å²) in [6.07, 6.45) is 3.25. The van der Waals surface area contributed by atoms with E-state index in [1.165, 1.54) is 4.68 Å². The molecule has 0 amide bonds. The highest BCUT2D eigenvalue weighted by atomic mass is 16.1. The topological polar surface area (TPSA) is 60.9 Å². The molecule has 1 heterocycles. The number of aromatic nitrogens is 2. The average molecular weight is 195 g/mol. The highest BCUT2D eigenvalue weighted by Gasteiger charge is 2.20. The predicted octanol–water partition coefficient (Wildman–Crippen LogP) is 1.62. The van der Waals surface area contributed by atoms with E-state index in [1.54, 1.807) is 13.2 Å². The Bertz CT molecular complexity index is 326. The molecule has 0 aliphatic carbocycles. The lowest BCUT2D eigenvalue weighted by atomic mass is 9.94. The molecule has 1 aromatic rings. The number of rotatable bonds is 4. The number of ketones is 1. The van der Waals surface area contributed by atoms with Gasteiger partial charge in [-0.15, -0.1) is 0 Å². The maximum Gasteiger partial charge on any atom is 0.171 e. The molecule has 2 N–H and O–H groups in total. The van der Waals surface area contributed by atoms with Crippen LogP contribution in [0.15, 0.2) is 6.20 Å². The Hall–Kier alpha value is -1.32. The zero-order chi connectivity index (χ0) is 10.7. The normalized spacial score (nSPS) is 10.9. The molecular formula is C10H17N3O. The van der Waals surface area contributed by atoms with Gasteiger partial charge < -0.3 is 5.73 Å². The molecule has 0 aromatic carbocycles. The van der Waals surface area contributed by atoms with Crippen molar-refractivity contribution in [3.63, 3.8) is 0 Å². The molecule has 0 bridgehead atoms. The van der Waals surface area contributed by atoms with Crippen molar-refractivity contribution in [2.75, 3.05) is 5.73 Å². The third-order valence-electron chi connectivity index (χ3n) is 2.61. The SMILES string of the molecule is CCC(CC)C(=O)c1cnn(C)c1N. The number of nitrogens with zero attached hydrogens (tertiary/aromatic N) is 2. The fraction of sp³-hybridized carbons (Fsp3) is 0.600. The molecule has 1 rings (SSSR count). The lowest BCUT2D eigenvalue weighted by Crippen LogP contribution is -2.14. The molecule has 0 saturated heterocycles. The van der Waals surface area contributed by atoms with E-state index in [1.807, 2.05) is 13.8 Å². The first-order valence-corrected chi connectivity index (χ1v) is 4.93. The van der Waals surface area contributed by atoms with Gasteiger partial charge in [0.05, 0.1) is 11.8 Å². The van der Waals surface area contributed by atoms with Gasteiger partial charge in [0.15, 0.2) is 5.78 Å². The summed E-state index contributed by atoms with van der Waals surface area (Å²) in [4.78, 5) is 11.9. The Labute approximate surface area is 84.1 Å². The molecule has 0 radical (unpaired) electrons. The third-order valence-corrected chi connectivity index (χ3v) is 2.61. The number of hydrogen-bond acceptors (Lipinski definition) is 3. The van der Waals surface area contributed by atoms with Crippen LogP contribution in [0.25, 0.3) is 0 Å². The zero-order valence-corrected chi connectivity index (χ0v) is 8.95.